The van der Waals surface area contributed by atoms with Gasteiger partial charge in [-0.3, -0.25) is 0 Å². The zero-order chi connectivity index (χ0) is 13.6. The third kappa shape index (κ3) is 3.30. The second kappa shape index (κ2) is 6.73. The third-order valence-electron chi connectivity index (χ3n) is 4.03. The number of furan rings is 1. The molecule has 0 amide bonds. The van der Waals surface area contributed by atoms with Crippen molar-refractivity contribution in [3.63, 3.8) is 0 Å². The fourth-order valence-electron chi connectivity index (χ4n) is 2.85. The predicted octanol–water partition coefficient (Wildman–Crippen LogP) is 2.96. The van der Waals surface area contributed by atoms with Crippen LogP contribution in [-0.4, -0.2) is 19.6 Å². The molecular weight excluding hydrogens is 248 g/mol. The predicted molar refractivity (Wildman–Crippen MR) is 80.6 cm³/mol. The molecule has 0 radical (unpaired) electrons. The van der Waals surface area contributed by atoms with Crippen LogP contribution >= 0.6 is 0 Å². The molecule has 3 rings (SSSR count). The van der Waals surface area contributed by atoms with Crippen molar-refractivity contribution in [1.29, 1.82) is 0 Å². The molecule has 0 spiro atoms. The number of benzene rings is 1. The maximum atomic E-state index is 5.62. The zero-order valence-electron chi connectivity index (χ0n) is 11.7. The van der Waals surface area contributed by atoms with Gasteiger partial charge in [-0.05, 0) is 56.1 Å². The van der Waals surface area contributed by atoms with Gasteiger partial charge in [0.2, 0.25) is 0 Å². The van der Waals surface area contributed by atoms with Crippen molar-refractivity contribution in [2.24, 2.45) is 5.92 Å². The Morgan fingerprint density at radius 3 is 2.60 bits per heavy atom. The summed E-state index contributed by atoms with van der Waals surface area (Å²) in [5.41, 5.74) is 1.26. The molecule has 1 saturated heterocycles. The molecule has 20 heavy (non-hydrogen) atoms. The van der Waals surface area contributed by atoms with Crippen LogP contribution in [0.3, 0.4) is 0 Å². The van der Waals surface area contributed by atoms with Gasteiger partial charge in [0.25, 0.3) is 0 Å². The molecule has 0 bridgehead atoms. The van der Waals surface area contributed by atoms with Crippen LogP contribution in [0.5, 0.6) is 0 Å². The molecule has 0 aliphatic carbocycles. The Morgan fingerprint density at radius 2 is 1.90 bits per heavy atom. The maximum absolute atomic E-state index is 5.62. The van der Waals surface area contributed by atoms with Crippen LogP contribution in [0.4, 0.5) is 0 Å². The van der Waals surface area contributed by atoms with E-state index in [0.29, 0.717) is 0 Å². The Labute approximate surface area is 120 Å². The van der Waals surface area contributed by atoms with Gasteiger partial charge in [0, 0.05) is 0 Å². The molecule has 1 atom stereocenters. The van der Waals surface area contributed by atoms with E-state index in [1.807, 2.05) is 12.1 Å². The quantitative estimate of drug-likeness (QED) is 0.877. The van der Waals surface area contributed by atoms with Crippen molar-refractivity contribution in [2.45, 2.75) is 18.9 Å². The first kappa shape index (κ1) is 13.4. The normalized spacial score (nSPS) is 18.0. The zero-order valence-corrected chi connectivity index (χ0v) is 11.7. The summed E-state index contributed by atoms with van der Waals surface area (Å²) in [7, 11) is 0. The minimum Gasteiger partial charge on any atom is -0.467 e. The minimum absolute atomic E-state index is 0.154. The van der Waals surface area contributed by atoms with Crippen molar-refractivity contribution in [1.82, 2.24) is 10.6 Å². The highest BCUT2D eigenvalue weighted by molar-refractivity contribution is 5.26. The topological polar surface area (TPSA) is 37.2 Å². The monoisotopic (exact) mass is 270 g/mol. The van der Waals surface area contributed by atoms with Gasteiger partial charge in [-0.15, -0.1) is 0 Å². The molecule has 2 heterocycles. The SMILES string of the molecule is c1ccc(C(NCC2CCNCC2)c2ccco2)cc1. The summed E-state index contributed by atoms with van der Waals surface area (Å²) < 4.78 is 5.62. The first-order valence-corrected chi connectivity index (χ1v) is 7.46. The third-order valence-corrected chi connectivity index (χ3v) is 4.03. The molecule has 1 unspecified atom stereocenters. The summed E-state index contributed by atoms with van der Waals surface area (Å²) in [6.45, 7) is 3.33. The van der Waals surface area contributed by atoms with Crippen LogP contribution < -0.4 is 10.6 Å². The summed E-state index contributed by atoms with van der Waals surface area (Å²) in [6.07, 6.45) is 4.26. The average molecular weight is 270 g/mol. The van der Waals surface area contributed by atoms with E-state index in [-0.39, 0.29) is 6.04 Å². The Bertz CT molecular complexity index is 489. The van der Waals surface area contributed by atoms with Gasteiger partial charge in [0.05, 0.1) is 12.3 Å². The molecule has 1 aliphatic heterocycles. The van der Waals surface area contributed by atoms with Gasteiger partial charge in [-0.2, -0.15) is 0 Å². The number of hydrogen-bond donors (Lipinski definition) is 2. The Morgan fingerprint density at radius 1 is 1.10 bits per heavy atom. The highest BCUT2D eigenvalue weighted by atomic mass is 16.3. The van der Waals surface area contributed by atoms with Crippen molar-refractivity contribution in [3.8, 4) is 0 Å². The van der Waals surface area contributed by atoms with E-state index in [2.05, 4.69) is 41.0 Å². The van der Waals surface area contributed by atoms with Crippen molar-refractivity contribution in [3.05, 3.63) is 60.1 Å². The number of piperidine rings is 1. The van der Waals surface area contributed by atoms with Gasteiger partial charge >= 0.3 is 0 Å². The Kier molecular flexibility index (Phi) is 4.51. The van der Waals surface area contributed by atoms with Crippen LogP contribution in [0.15, 0.2) is 53.1 Å². The van der Waals surface area contributed by atoms with Gasteiger partial charge in [-0.25, -0.2) is 0 Å². The standard InChI is InChI=1S/C17H22N2O/c1-2-5-15(6-3-1)17(16-7-4-12-20-16)19-13-14-8-10-18-11-9-14/h1-7,12,14,17-19H,8-11,13H2. The first-order chi connectivity index (χ1) is 9.93. The molecule has 0 saturated carbocycles. The van der Waals surface area contributed by atoms with E-state index < -0.39 is 0 Å². The molecule has 2 N–H and O–H groups in total. The summed E-state index contributed by atoms with van der Waals surface area (Å²) in [5, 5.41) is 7.10. The van der Waals surface area contributed by atoms with Crippen LogP contribution in [0.25, 0.3) is 0 Å². The lowest BCUT2D eigenvalue weighted by Gasteiger charge is -2.25. The fraction of sp³-hybridized carbons (Fsp3) is 0.412. The van der Waals surface area contributed by atoms with Crippen LogP contribution in [0.1, 0.15) is 30.2 Å². The summed E-state index contributed by atoms with van der Waals surface area (Å²) in [4.78, 5) is 0. The highest BCUT2D eigenvalue weighted by Crippen LogP contribution is 2.23. The van der Waals surface area contributed by atoms with E-state index in [1.54, 1.807) is 6.26 Å². The Balaban J connectivity index is 1.69. The maximum Gasteiger partial charge on any atom is 0.125 e. The van der Waals surface area contributed by atoms with Crippen LogP contribution in [0, 0.1) is 5.92 Å². The van der Waals surface area contributed by atoms with E-state index in [4.69, 9.17) is 4.42 Å². The average Bonchev–Trinajstić information content (AvgIpc) is 3.04. The number of nitrogens with one attached hydrogen (secondary N) is 2. The Hall–Kier alpha value is -1.58. The first-order valence-electron chi connectivity index (χ1n) is 7.46. The van der Waals surface area contributed by atoms with Gasteiger partial charge in [-0.1, -0.05) is 30.3 Å². The summed E-state index contributed by atoms with van der Waals surface area (Å²) in [5.74, 6) is 1.75. The van der Waals surface area contributed by atoms with Crippen molar-refractivity contribution >= 4 is 0 Å². The van der Waals surface area contributed by atoms with E-state index in [0.717, 1.165) is 31.3 Å². The molecular formula is C17H22N2O. The van der Waals surface area contributed by atoms with Crippen molar-refractivity contribution in [2.75, 3.05) is 19.6 Å². The lowest BCUT2D eigenvalue weighted by atomic mass is 9.96. The fourth-order valence-corrected chi connectivity index (χ4v) is 2.85. The van der Waals surface area contributed by atoms with Crippen LogP contribution in [-0.2, 0) is 0 Å². The minimum atomic E-state index is 0.154. The van der Waals surface area contributed by atoms with Gasteiger partial charge < -0.3 is 15.1 Å². The van der Waals surface area contributed by atoms with Crippen LogP contribution in [0.2, 0.25) is 0 Å². The lowest BCUT2D eigenvalue weighted by molar-refractivity contribution is 0.337. The van der Waals surface area contributed by atoms with E-state index >= 15 is 0 Å². The van der Waals surface area contributed by atoms with E-state index in [1.165, 1.54) is 18.4 Å². The molecule has 1 aromatic heterocycles. The molecule has 3 heteroatoms. The number of rotatable bonds is 5. The van der Waals surface area contributed by atoms with Gasteiger partial charge in [0.1, 0.15) is 5.76 Å². The molecule has 2 aromatic rings. The van der Waals surface area contributed by atoms with E-state index in [9.17, 15) is 0 Å². The molecule has 106 valence electrons. The lowest BCUT2D eigenvalue weighted by Crippen LogP contribution is -2.35. The second-order valence-corrected chi connectivity index (χ2v) is 5.46. The molecule has 3 nitrogen and oxygen atoms in total. The summed E-state index contributed by atoms with van der Waals surface area (Å²) >= 11 is 0. The van der Waals surface area contributed by atoms with Gasteiger partial charge in [0.15, 0.2) is 0 Å². The second-order valence-electron chi connectivity index (χ2n) is 5.46. The molecule has 1 fully saturated rings. The number of hydrogen-bond acceptors (Lipinski definition) is 3. The highest BCUT2D eigenvalue weighted by Gasteiger charge is 2.19. The molecule has 1 aromatic carbocycles. The smallest absolute Gasteiger partial charge is 0.125 e. The largest absolute Gasteiger partial charge is 0.467 e. The summed E-state index contributed by atoms with van der Waals surface area (Å²) in [6, 6.07) is 14.7. The molecule has 1 aliphatic rings. The van der Waals surface area contributed by atoms with Crippen molar-refractivity contribution < 1.29 is 4.42 Å².